The van der Waals surface area contributed by atoms with Gasteiger partial charge in [0.25, 0.3) is 0 Å². The molecular weight excluding hydrogens is 274 g/mol. The lowest BCUT2D eigenvalue weighted by molar-refractivity contribution is 0.174. The first-order valence-corrected chi connectivity index (χ1v) is 7.79. The van der Waals surface area contributed by atoms with Crippen LogP contribution in [-0.2, 0) is 0 Å². The number of nitrogens with zero attached hydrogens (tertiary/aromatic N) is 1. The standard InChI is InChI=1S/C19H21NO2/c1-3-7-17(20-14(2)15-8-5-4-6-9-15)16-10-11-18-19(12-16)22-13-21-18/h4-6,8-12,14H,3,7,13H2,1-2H3. The number of benzene rings is 2. The van der Waals surface area contributed by atoms with Gasteiger partial charge in [-0.05, 0) is 42.7 Å². The molecule has 0 aromatic heterocycles. The van der Waals surface area contributed by atoms with Crippen LogP contribution in [0.2, 0.25) is 0 Å². The topological polar surface area (TPSA) is 30.8 Å². The van der Waals surface area contributed by atoms with Crippen molar-refractivity contribution >= 4 is 5.71 Å². The lowest BCUT2D eigenvalue weighted by Crippen LogP contribution is -2.03. The van der Waals surface area contributed by atoms with E-state index in [1.54, 1.807) is 0 Å². The molecule has 3 nitrogen and oxygen atoms in total. The maximum Gasteiger partial charge on any atom is 0.231 e. The van der Waals surface area contributed by atoms with Gasteiger partial charge in [-0.2, -0.15) is 0 Å². The van der Waals surface area contributed by atoms with Crippen molar-refractivity contribution in [2.24, 2.45) is 4.99 Å². The minimum absolute atomic E-state index is 0.146. The molecule has 0 saturated carbocycles. The molecule has 0 N–H and O–H groups in total. The number of hydrogen-bond acceptors (Lipinski definition) is 3. The third-order valence-electron chi connectivity index (χ3n) is 3.82. The minimum atomic E-state index is 0.146. The van der Waals surface area contributed by atoms with Gasteiger partial charge in [0.2, 0.25) is 6.79 Å². The van der Waals surface area contributed by atoms with E-state index in [9.17, 15) is 0 Å². The largest absolute Gasteiger partial charge is 0.454 e. The van der Waals surface area contributed by atoms with E-state index in [1.807, 2.05) is 18.2 Å². The van der Waals surface area contributed by atoms with Crippen LogP contribution in [0.5, 0.6) is 11.5 Å². The minimum Gasteiger partial charge on any atom is -0.454 e. The maximum atomic E-state index is 5.48. The highest BCUT2D eigenvalue weighted by molar-refractivity contribution is 6.01. The summed E-state index contributed by atoms with van der Waals surface area (Å²) in [5.41, 5.74) is 3.47. The smallest absolute Gasteiger partial charge is 0.231 e. The van der Waals surface area contributed by atoms with Gasteiger partial charge in [0.1, 0.15) is 0 Å². The summed E-state index contributed by atoms with van der Waals surface area (Å²) in [6, 6.07) is 16.6. The summed E-state index contributed by atoms with van der Waals surface area (Å²) in [4.78, 5) is 4.95. The fraction of sp³-hybridized carbons (Fsp3) is 0.316. The van der Waals surface area contributed by atoms with E-state index >= 15 is 0 Å². The number of ether oxygens (including phenoxy) is 2. The molecule has 1 aliphatic heterocycles. The van der Waals surface area contributed by atoms with Crippen molar-refractivity contribution in [3.63, 3.8) is 0 Å². The van der Waals surface area contributed by atoms with Gasteiger partial charge in [0, 0.05) is 5.71 Å². The zero-order valence-electron chi connectivity index (χ0n) is 13.1. The normalized spacial score (nSPS) is 14.9. The van der Waals surface area contributed by atoms with Crippen LogP contribution in [-0.4, -0.2) is 12.5 Å². The third kappa shape index (κ3) is 3.14. The molecule has 1 unspecified atom stereocenters. The average Bonchev–Trinajstić information content (AvgIpc) is 3.02. The molecule has 2 aromatic carbocycles. The summed E-state index contributed by atoms with van der Waals surface area (Å²) in [5, 5.41) is 0. The van der Waals surface area contributed by atoms with Gasteiger partial charge in [0.15, 0.2) is 11.5 Å². The van der Waals surface area contributed by atoms with Gasteiger partial charge in [-0.15, -0.1) is 0 Å². The molecule has 0 radical (unpaired) electrons. The highest BCUT2D eigenvalue weighted by Crippen LogP contribution is 2.33. The fourth-order valence-electron chi connectivity index (χ4n) is 2.64. The summed E-state index contributed by atoms with van der Waals surface area (Å²) in [6.07, 6.45) is 2.02. The molecule has 0 fully saturated rings. The summed E-state index contributed by atoms with van der Waals surface area (Å²) in [5.74, 6) is 1.63. The zero-order chi connectivity index (χ0) is 15.4. The number of rotatable bonds is 5. The second-order valence-electron chi connectivity index (χ2n) is 5.48. The Bertz CT molecular complexity index is 664. The molecule has 22 heavy (non-hydrogen) atoms. The molecule has 0 bridgehead atoms. The van der Waals surface area contributed by atoms with Crippen molar-refractivity contribution in [1.82, 2.24) is 0 Å². The molecule has 0 spiro atoms. The molecule has 0 amide bonds. The molecule has 1 atom stereocenters. The Morgan fingerprint density at radius 1 is 1.09 bits per heavy atom. The maximum absolute atomic E-state index is 5.48. The van der Waals surface area contributed by atoms with Gasteiger partial charge in [-0.3, -0.25) is 4.99 Å². The highest BCUT2D eigenvalue weighted by atomic mass is 16.7. The quantitative estimate of drug-likeness (QED) is 0.744. The molecule has 0 aliphatic carbocycles. The number of hydrogen-bond donors (Lipinski definition) is 0. The molecule has 0 saturated heterocycles. The van der Waals surface area contributed by atoms with E-state index in [0.29, 0.717) is 6.79 Å². The lowest BCUT2D eigenvalue weighted by atomic mass is 10.0. The summed E-state index contributed by atoms with van der Waals surface area (Å²) < 4.78 is 10.9. The highest BCUT2D eigenvalue weighted by Gasteiger charge is 2.15. The zero-order valence-corrected chi connectivity index (χ0v) is 13.1. The molecule has 3 rings (SSSR count). The van der Waals surface area contributed by atoms with Crippen LogP contribution in [0.25, 0.3) is 0 Å². The Balaban J connectivity index is 1.90. The van der Waals surface area contributed by atoms with Gasteiger partial charge in [0.05, 0.1) is 6.04 Å². The predicted octanol–water partition coefficient (Wildman–Crippen LogP) is 4.77. The van der Waals surface area contributed by atoms with Crippen LogP contribution >= 0.6 is 0 Å². The first-order valence-electron chi connectivity index (χ1n) is 7.79. The molecule has 114 valence electrons. The summed E-state index contributed by atoms with van der Waals surface area (Å²) in [6.45, 7) is 4.62. The van der Waals surface area contributed by atoms with E-state index in [4.69, 9.17) is 14.5 Å². The van der Waals surface area contributed by atoms with E-state index in [-0.39, 0.29) is 6.04 Å². The van der Waals surface area contributed by atoms with Crippen LogP contribution in [0.3, 0.4) is 0 Å². The van der Waals surface area contributed by atoms with Crippen molar-refractivity contribution in [3.05, 3.63) is 59.7 Å². The Labute approximate surface area is 131 Å². The van der Waals surface area contributed by atoms with E-state index in [1.165, 1.54) is 5.56 Å². The molecule has 1 heterocycles. The van der Waals surface area contributed by atoms with Gasteiger partial charge in [-0.1, -0.05) is 43.7 Å². The predicted molar refractivity (Wildman–Crippen MR) is 88.9 cm³/mol. The first-order chi connectivity index (χ1) is 10.8. The summed E-state index contributed by atoms with van der Waals surface area (Å²) >= 11 is 0. The number of fused-ring (bicyclic) bond motifs is 1. The van der Waals surface area contributed by atoms with E-state index in [2.05, 4.69) is 44.2 Å². The monoisotopic (exact) mass is 295 g/mol. The van der Waals surface area contributed by atoms with Gasteiger partial charge < -0.3 is 9.47 Å². The molecular formula is C19H21NO2. The van der Waals surface area contributed by atoms with Gasteiger partial charge >= 0.3 is 0 Å². The van der Waals surface area contributed by atoms with Crippen molar-refractivity contribution in [1.29, 1.82) is 0 Å². The van der Waals surface area contributed by atoms with Crippen molar-refractivity contribution in [2.75, 3.05) is 6.79 Å². The molecule has 1 aliphatic rings. The van der Waals surface area contributed by atoms with Gasteiger partial charge in [-0.25, -0.2) is 0 Å². The van der Waals surface area contributed by atoms with Crippen molar-refractivity contribution in [3.8, 4) is 11.5 Å². The fourth-order valence-corrected chi connectivity index (χ4v) is 2.64. The Hall–Kier alpha value is -2.29. The number of aliphatic imine (C=N–C) groups is 1. The van der Waals surface area contributed by atoms with Crippen molar-refractivity contribution < 1.29 is 9.47 Å². The Morgan fingerprint density at radius 3 is 2.64 bits per heavy atom. The van der Waals surface area contributed by atoms with Crippen LogP contribution in [0.4, 0.5) is 0 Å². The summed E-state index contributed by atoms with van der Waals surface area (Å²) in [7, 11) is 0. The lowest BCUT2D eigenvalue weighted by Gasteiger charge is -2.12. The molecule has 3 heteroatoms. The van der Waals surface area contributed by atoms with Crippen LogP contribution < -0.4 is 9.47 Å². The second-order valence-corrected chi connectivity index (χ2v) is 5.48. The van der Waals surface area contributed by atoms with Crippen LogP contribution in [0.15, 0.2) is 53.5 Å². The van der Waals surface area contributed by atoms with Crippen LogP contribution in [0, 0.1) is 0 Å². The van der Waals surface area contributed by atoms with Crippen molar-refractivity contribution in [2.45, 2.75) is 32.7 Å². The SMILES string of the molecule is CCCC(=NC(C)c1ccccc1)c1ccc2c(c1)OCO2. The first kappa shape index (κ1) is 14.6. The van der Waals surface area contributed by atoms with E-state index in [0.717, 1.165) is 35.6 Å². The Morgan fingerprint density at radius 2 is 1.86 bits per heavy atom. The average molecular weight is 295 g/mol. The Kier molecular flexibility index (Phi) is 4.42. The van der Waals surface area contributed by atoms with Crippen LogP contribution in [0.1, 0.15) is 43.9 Å². The molecule has 2 aromatic rings. The van der Waals surface area contributed by atoms with E-state index < -0.39 is 0 Å². The third-order valence-corrected chi connectivity index (χ3v) is 3.82. The second kappa shape index (κ2) is 6.65.